The second-order valence-corrected chi connectivity index (χ2v) is 0. The van der Waals surface area contributed by atoms with E-state index in [0.717, 1.165) is 0 Å². The summed E-state index contributed by atoms with van der Waals surface area (Å²) in [5.41, 5.74) is 0. The van der Waals surface area contributed by atoms with Crippen molar-refractivity contribution in [1.82, 2.24) is 0 Å². The number of rotatable bonds is 0. The Morgan fingerprint density at radius 2 is 1.00 bits per heavy atom. The van der Waals surface area contributed by atoms with Gasteiger partial charge in [0.15, 0.2) is 0 Å². The van der Waals surface area contributed by atoms with Crippen LogP contribution < -0.4 is 0 Å². The van der Waals surface area contributed by atoms with E-state index in [0.29, 0.717) is 0 Å². The summed E-state index contributed by atoms with van der Waals surface area (Å²) in [7, 11) is 0. The van der Waals surface area contributed by atoms with E-state index >= 15 is 0 Å². The van der Waals surface area contributed by atoms with Gasteiger partial charge >= 0.3 is 0 Å². The van der Waals surface area contributed by atoms with Gasteiger partial charge in [0.25, 0.3) is 0 Å². The monoisotopic (exact) mass is 277 g/mol. The molecule has 0 heterocycles. The summed E-state index contributed by atoms with van der Waals surface area (Å²) in [5.74, 6) is 0. The maximum Gasteiger partial charge on any atom is 0 e. The minimum Gasteiger partial charge on any atom is -0.153 e. The van der Waals surface area contributed by atoms with Crippen molar-refractivity contribution >= 4 is 33.8 Å². The van der Waals surface area contributed by atoms with Crippen molar-refractivity contribution in [3.63, 3.8) is 0 Å². The topological polar surface area (TPSA) is 0 Å². The van der Waals surface area contributed by atoms with Crippen LogP contribution in [0.15, 0.2) is 0 Å². The molecule has 0 saturated heterocycles. The van der Waals surface area contributed by atoms with E-state index < -0.39 is 0 Å². The van der Waals surface area contributed by atoms with Crippen LogP contribution in [0.2, 0.25) is 0 Å². The van der Waals surface area contributed by atoms with Gasteiger partial charge in [0, 0.05) is 60.2 Å². The Bertz CT molecular complexity index is 8.00. The Hall–Kier alpha value is 2.36. The first-order valence-corrected chi connectivity index (χ1v) is 0. The van der Waals surface area contributed by atoms with Crippen LogP contribution in [0.4, 0.5) is 0 Å². The van der Waals surface area contributed by atoms with Crippen LogP contribution in [-0.4, -0.2) is 23.9 Å². The normalized spacial score (nSPS) is 0. The zero-order chi connectivity index (χ0) is 0. The first kappa shape index (κ1) is 32.8. The number of hydrogen-bond donors (Lipinski definition) is 0. The van der Waals surface area contributed by atoms with Gasteiger partial charge in [0.1, 0.15) is 0 Å². The Labute approximate surface area is 69.4 Å². The summed E-state index contributed by atoms with van der Waals surface area (Å²) in [6.07, 6.45) is 0. The smallest absolute Gasteiger partial charge is 0 e. The molecular weight excluding hydrogens is 274 g/mol. The zero-order valence-electron chi connectivity index (χ0n) is 2.25. The molecule has 0 aromatic rings. The summed E-state index contributed by atoms with van der Waals surface area (Å²) < 4.78 is 0. The average Bonchev–Trinajstić information content (AvgIpc) is 0. The maximum atomic E-state index is 0. The summed E-state index contributed by atoms with van der Waals surface area (Å²) in [4.78, 5) is 0. The zero-order valence-corrected chi connectivity index (χ0v) is 10.5. The largest absolute Gasteiger partial charge is 0.153 e. The summed E-state index contributed by atoms with van der Waals surface area (Å²) in [6, 6.07) is 0. The molecule has 0 aliphatic rings. The summed E-state index contributed by atoms with van der Waals surface area (Å²) in [5, 5.41) is 0. The molecule has 0 spiro atoms. The average molecular weight is 277 g/mol. The van der Waals surface area contributed by atoms with E-state index in [-0.39, 0.29) is 70.1 Å². The predicted molar refractivity (Wildman–Crippen MR) is 16.9 cm³/mol. The first-order chi connectivity index (χ1) is 0. The van der Waals surface area contributed by atoms with Gasteiger partial charge in [-0.2, -0.15) is 9.90 Å². The van der Waals surface area contributed by atoms with Crippen molar-refractivity contribution in [3.8, 4) is 0 Å². The van der Waals surface area contributed by atoms with Crippen molar-refractivity contribution in [1.29, 1.82) is 0 Å². The van der Waals surface area contributed by atoms with E-state index in [1.165, 1.54) is 0 Å². The molecule has 0 amide bonds. The van der Waals surface area contributed by atoms with Crippen LogP contribution >= 0.6 is 9.90 Å². The van der Waals surface area contributed by atoms with Crippen molar-refractivity contribution in [2.45, 2.75) is 0 Å². The summed E-state index contributed by atoms with van der Waals surface area (Å²) >= 11 is 0. The van der Waals surface area contributed by atoms with E-state index in [1.54, 1.807) is 0 Å². The minimum absolute atomic E-state index is 0. The quantitative estimate of drug-likeness (QED) is 0.420. The van der Waals surface area contributed by atoms with Gasteiger partial charge in [-0.05, 0) is 0 Å². The molecule has 1 atom stereocenters. The molecule has 5 radical (unpaired) electrons. The van der Waals surface area contributed by atoms with E-state index in [1.807, 2.05) is 0 Å². The van der Waals surface area contributed by atoms with Gasteiger partial charge in [-0.1, -0.05) is 0 Å². The van der Waals surface area contributed by atoms with Gasteiger partial charge < -0.3 is 0 Å². The van der Waals surface area contributed by atoms with Gasteiger partial charge in [0.2, 0.25) is 0 Å². The van der Waals surface area contributed by atoms with Crippen molar-refractivity contribution < 1.29 is 36.3 Å². The predicted octanol–water partition coefficient (Wildman–Crippen LogP) is -0.328. The Morgan fingerprint density at radius 3 is 1.00 bits per heavy atom. The van der Waals surface area contributed by atoms with Crippen LogP contribution in [0.3, 0.4) is 0 Å². The molecule has 0 saturated carbocycles. The Morgan fingerprint density at radius 1 is 1.00 bits per heavy atom. The van der Waals surface area contributed by atoms with Gasteiger partial charge in [-0.3, -0.25) is 0 Å². The SMILES string of the molecule is P.[Co].[Sn].[Zn]. The third-order valence-corrected chi connectivity index (χ3v) is 0. The molecule has 0 fully saturated rings. The second kappa shape index (κ2) is 18.3. The number of hydrogen-bond acceptors (Lipinski definition) is 0. The third kappa shape index (κ3) is 8.84. The molecule has 0 aliphatic heterocycles. The molecule has 0 aromatic heterocycles. The molecule has 4 heteroatoms. The van der Waals surface area contributed by atoms with Gasteiger partial charge in [-0.15, -0.1) is 0 Å². The molecule has 4 heavy (non-hydrogen) atoms. The fourth-order valence-electron chi connectivity index (χ4n) is 0. The van der Waals surface area contributed by atoms with Crippen molar-refractivity contribution in [3.05, 3.63) is 0 Å². The first-order valence-electron chi connectivity index (χ1n) is 0. The molecule has 0 aliphatic carbocycles. The van der Waals surface area contributed by atoms with Crippen molar-refractivity contribution in [2.75, 3.05) is 0 Å². The molecule has 0 N–H and O–H groups in total. The van der Waals surface area contributed by atoms with Crippen LogP contribution in [0, 0.1) is 0 Å². The molecule has 0 aromatic carbocycles. The molecule has 0 rings (SSSR count). The standard InChI is InChI=1S/Co.H3P.Sn.Zn/h;1H3;;. The fraction of sp³-hybridized carbons (Fsp3) is 0. The molecule has 1 unspecified atom stereocenters. The van der Waals surface area contributed by atoms with Crippen LogP contribution in [0.25, 0.3) is 0 Å². The van der Waals surface area contributed by atoms with Gasteiger partial charge in [-0.25, -0.2) is 0 Å². The maximum absolute atomic E-state index is 0. The summed E-state index contributed by atoms with van der Waals surface area (Å²) in [6.45, 7) is 0. The fourth-order valence-corrected chi connectivity index (χ4v) is 0. The Balaban J connectivity index is 0. The molecule has 0 nitrogen and oxygen atoms in total. The van der Waals surface area contributed by atoms with E-state index in [4.69, 9.17) is 0 Å². The third-order valence-electron chi connectivity index (χ3n) is 0. The molecule has 23 valence electrons. The second-order valence-electron chi connectivity index (χ2n) is 0. The van der Waals surface area contributed by atoms with Crippen LogP contribution in [-0.2, 0) is 36.3 Å². The van der Waals surface area contributed by atoms with Crippen LogP contribution in [0.5, 0.6) is 0 Å². The minimum atomic E-state index is 0. The molecule has 0 bridgehead atoms. The van der Waals surface area contributed by atoms with Gasteiger partial charge in [0.05, 0.1) is 0 Å². The van der Waals surface area contributed by atoms with E-state index in [2.05, 4.69) is 0 Å². The molecular formula is H3CoPSnZn. The van der Waals surface area contributed by atoms with E-state index in [9.17, 15) is 0 Å². The van der Waals surface area contributed by atoms with Crippen molar-refractivity contribution in [2.24, 2.45) is 0 Å². The Kier molecular flexibility index (Phi) is 150. The van der Waals surface area contributed by atoms with Crippen LogP contribution in [0.1, 0.15) is 0 Å².